The molecule has 6 heteroatoms. The number of hydrogen-bond donors (Lipinski definition) is 2. The minimum absolute atomic E-state index is 0.148. The van der Waals surface area contributed by atoms with Gasteiger partial charge in [-0.05, 0) is 29.3 Å². The SMILES string of the molecule is COc1ccc(CNC(=O)[C@@H]2CC(=O)Nc3ccccc32)cc1OC. The van der Waals surface area contributed by atoms with E-state index < -0.39 is 5.92 Å². The van der Waals surface area contributed by atoms with Gasteiger partial charge in [-0.25, -0.2) is 0 Å². The number of anilines is 1. The van der Waals surface area contributed by atoms with Crippen molar-refractivity contribution in [2.45, 2.75) is 18.9 Å². The highest BCUT2D eigenvalue weighted by Gasteiger charge is 2.30. The number of nitrogens with one attached hydrogen (secondary N) is 2. The smallest absolute Gasteiger partial charge is 0.228 e. The molecule has 0 radical (unpaired) electrons. The van der Waals surface area contributed by atoms with Gasteiger partial charge in [0.2, 0.25) is 11.8 Å². The lowest BCUT2D eigenvalue weighted by Gasteiger charge is -2.24. The van der Waals surface area contributed by atoms with E-state index >= 15 is 0 Å². The molecule has 0 unspecified atom stereocenters. The molecule has 2 N–H and O–H groups in total. The zero-order chi connectivity index (χ0) is 17.8. The summed E-state index contributed by atoms with van der Waals surface area (Å²) in [5.74, 6) is 0.444. The number of hydrogen-bond acceptors (Lipinski definition) is 4. The summed E-state index contributed by atoms with van der Waals surface area (Å²) in [6.45, 7) is 0.347. The first-order valence-corrected chi connectivity index (χ1v) is 7.99. The van der Waals surface area contributed by atoms with Crippen molar-refractivity contribution in [2.24, 2.45) is 0 Å². The molecule has 3 rings (SSSR count). The fourth-order valence-corrected chi connectivity index (χ4v) is 2.95. The third-order valence-corrected chi connectivity index (χ3v) is 4.23. The average Bonchev–Trinajstić information content (AvgIpc) is 2.65. The van der Waals surface area contributed by atoms with Gasteiger partial charge in [-0.1, -0.05) is 24.3 Å². The van der Waals surface area contributed by atoms with E-state index in [1.165, 1.54) is 0 Å². The van der Waals surface area contributed by atoms with Crippen LogP contribution in [0, 0.1) is 0 Å². The molecule has 6 nitrogen and oxygen atoms in total. The summed E-state index contributed by atoms with van der Waals surface area (Å²) in [5, 5.41) is 5.70. The molecule has 2 amide bonds. The summed E-state index contributed by atoms with van der Waals surface area (Å²) in [6, 6.07) is 12.9. The first-order chi connectivity index (χ1) is 12.1. The molecule has 1 aliphatic heterocycles. The Morgan fingerprint density at radius 1 is 1.16 bits per heavy atom. The molecule has 0 bridgehead atoms. The Morgan fingerprint density at radius 3 is 2.68 bits per heavy atom. The van der Waals surface area contributed by atoms with Crippen LogP contribution in [0.4, 0.5) is 5.69 Å². The van der Waals surface area contributed by atoms with Crippen molar-refractivity contribution in [3.8, 4) is 11.5 Å². The van der Waals surface area contributed by atoms with Crippen LogP contribution in [-0.2, 0) is 16.1 Å². The van der Waals surface area contributed by atoms with Crippen LogP contribution in [0.5, 0.6) is 11.5 Å². The second-order valence-electron chi connectivity index (χ2n) is 5.80. The van der Waals surface area contributed by atoms with Crippen molar-refractivity contribution in [2.75, 3.05) is 19.5 Å². The number of methoxy groups -OCH3 is 2. The van der Waals surface area contributed by atoms with E-state index in [4.69, 9.17) is 9.47 Å². The molecule has 25 heavy (non-hydrogen) atoms. The van der Waals surface area contributed by atoms with E-state index in [-0.39, 0.29) is 18.2 Å². The molecule has 1 aliphatic rings. The van der Waals surface area contributed by atoms with Crippen molar-refractivity contribution in [3.63, 3.8) is 0 Å². The Morgan fingerprint density at radius 2 is 1.92 bits per heavy atom. The number of rotatable bonds is 5. The van der Waals surface area contributed by atoms with Crippen LogP contribution in [0.3, 0.4) is 0 Å². The van der Waals surface area contributed by atoms with Crippen molar-refractivity contribution >= 4 is 17.5 Å². The highest BCUT2D eigenvalue weighted by atomic mass is 16.5. The summed E-state index contributed by atoms with van der Waals surface area (Å²) < 4.78 is 10.5. The van der Waals surface area contributed by atoms with Crippen LogP contribution in [0.2, 0.25) is 0 Å². The molecule has 1 atom stereocenters. The molecule has 0 fully saturated rings. The molecule has 0 saturated heterocycles. The third-order valence-electron chi connectivity index (χ3n) is 4.23. The maximum absolute atomic E-state index is 12.6. The third kappa shape index (κ3) is 3.57. The second-order valence-corrected chi connectivity index (χ2v) is 5.80. The monoisotopic (exact) mass is 340 g/mol. The van der Waals surface area contributed by atoms with E-state index in [1.54, 1.807) is 26.4 Å². The Hall–Kier alpha value is -3.02. The maximum atomic E-state index is 12.6. The van der Waals surface area contributed by atoms with Gasteiger partial charge in [-0.15, -0.1) is 0 Å². The van der Waals surface area contributed by atoms with Gasteiger partial charge >= 0.3 is 0 Å². The average molecular weight is 340 g/mol. The molecule has 2 aromatic rings. The molecule has 0 aliphatic carbocycles. The second kappa shape index (κ2) is 7.25. The lowest BCUT2D eigenvalue weighted by molar-refractivity contribution is -0.126. The first kappa shape index (κ1) is 16.8. The topological polar surface area (TPSA) is 76.7 Å². The summed E-state index contributed by atoms with van der Waals surface area (Å²) >= 11 is 0. The number of benzene rings is 2. The number of ether oxygens (including phenoxy) is 2. The van der Waals surface area contributed by atoms with E-state index in [0.717, 1.165) is 11.1 Å². The predicted octanol–water partition coefficient (Wildman–Crippen LogP) is 2.45. The van der Waals surface area contributed by atoms with Crippen LogP contribution in [0.1, 0.15) is 23.5 Å². The van der Waals surface area contributed by atoms with Gasteiger partial charge in [-0.3, -0.25) is 9.59 Å². The van der Waals surface area contributed by atoms with Crippen LogP contribution in [0.15, 0.2) is 42.5 Å². The van der Waals surface area contributed by atoms with Crippen LogP contribution in [0.25, 0.3) is 0 Å². The quantitative estimate of drug-likeness (QED) is 0.876. The fourth-order valence-electron chi connectivity index (χ4n) is 2.95. The fraction of sp³-hybridized carbons (Fsp3) is 0.263. The van der Waals surface area contributed by atoms with Crippen molar-refractivity contribution in [1.82, 2.24) is 5.32 Å². The Labute approximate surface area is 146 Å². The Balaban J connectivity index is 1.72. The lowest BCUT2D eigenvalue weighted by atomic mass is 9.90. The van der Waals surface area contributed by atoms with Gasteiger partial charge in [-0.2, -0.15) is 0 Å². The summed E-state index contributed by atoms with van der Waals surface area (Å²) in [6.07, 6.45) is 0.148. The summed E-state index contributed by atoms with van der Waals surface area (Å²) in [4.78, 5) is 24.5. The van der Waals surface area contributed by atoms with Crippen molar-refractivity contribution in [1.29, 1.82) is 0 Å². The Bertz CT molecular complexity index is 804. The van der Waals surface area contributed by atoms with Gasteiger partial charge in [0.15, 0.2) is 11.5 Å². The molecular formula is C19H20N2O4. The van der Waals surface area contributed by atoms with E-state index in [2.05, 4.69) is 10.6 Å². The number of carbonyl (C=O) groups is 2. The molecule has 130 valence electrons. The molecule has 1 heterocycles. The highest BCUT2D eigenvalue weighted by molar-refractivity contribution is 6.01. The minimum Gasteiger partial charge on any atom is -0.493 e. The van der Waals surface area contributed by atoms with Crippen LogP contribution >= 0.6 is 0 Å². The first-order valence-electron chi connectivity index (χ1n) is 7.99. The van der Waals surface area contributed by atoms with E-state index in [9.17, 15) is 9.59 Å². The Kier molecular flexibility index (Phi) is 4.88. The largest absolute Gasteiger partial charge is 0.493 e. The zero-order valence-corrected chi connectivity index (χ0v) is 14.2. The maximum Gasteiger partial charge on any atom is 0.228 e. The summed E-state index contributed by atoms with van der Waals surface area (Å²) in [5.41, 5.74) is 2.43. The molecule has 0 aromatic heterocycles. The number of amides is 2. The molecular weight excluding hydrogens is 320 g/mol. The molecule has 0 saturated carbocycles. The zero-order valence-electron chi connectivity index (χ0n) is 14.2. The number of para-hydroxylation sites is 1. The van der Waals surface area contributed by atoms with Crippen LogP contribution < -0.4 is 20.1 Å². The predicted molar refractivity (Wildman–Crippen MR) is 93.8 cm³/mol. The highest BCUT2D eigenvalue weighted by Crippen LogP contribution is 2.32. The van der Waals surface area contributed by atoms with Gasteiger partial charge < -0.3 is 20.1 Å². The van der Waals surface area contributed by atoms with Crippen molar-refractivity contribution in [3.05, 3.63) is 53.6 Å². The van der Waals surface area contributed by atoms with E-state index in [1.807, 2.05) is 30.3 Å². The van der Waals surface area contributed by atoms with Crippen molar-refractivity contribution < 1.29 is 19.1 Å². The molecule has 0 spiro atoms. The van der Waals surface area contributed by atoms with Gasteiger partial charge in [0, 0.05) is 18.7 Å². The number of fused-ring (bicyclic) bond motifs is 1. The lowest BCUT2D eigenvalue weighted by Crippen LogP contribution is -2.34. The number of carbonyl (C=O) groups excluding carboxylic acids is 2. The molecule has 2 aromatic carbocycles. The summed E-state index contributed by atoms with van der Waals surface area (Å²) in [7, 11) is 3.14. The van der Waals surface area contributed by atoms with Gasteiger partial charge in [0.1, 0.15) is 0 Å². The van der Waals surface area contributed by atoms with E-state index in [0.29, 0.717) is 23.7 Å². The standard InChI is InChI=1S/C19H20N2O4/c1-24-16-8-7-12(9-17(16)25-2)11-20-19(23)14-10-18(22)21-15-6-4-3-5-13(14)15/h3-9,14H,10-11H2,1-2H3,(H,20,23)(H,21,22)/t14-/m1/s1. The van der Waals surface area contributed by atoms with Gasteiger partial charge in [0.05, 0.1) is 20.1 Å². The normalized spacial score (nSPS) is 15.8. The van der Waals surface area contributed by atoms with Crippen LogP contribution in [-0.4, -0.2) is 26.0 Å². The van der Waals surface area contributed by atoms with Gasteiger partial charge in [0.25, 0.3) is 0 Å². The minimum atomic E-state index is -0.481.